The first-order valence-electron chi connectivity index (χ1n) is 41.1. The Labute approximate surface area is 694 Å². The predicted molar refractivity (Wildman–Crippen MR) is 458 cm³/mol. The van der Waals surface area contributed by atoms with Crippen molar-refractivity contribution in [1.82, 2.24) is 60.0 Å². The Bertz CT molecular complexity index is 4610. The van der Waals surface area contributed by atoms with Crippen LogP contribution in [0.2, 0.25) is 10.0 Å². The van der Waals surface area contributed by atoms with Crippen LogP contribution in [0.25, 0.3) is 0 Å². The van der Waals surface area contributed by atoms with Gasteiger partial charge in [-0.1, -0.05) is 237 Å². The summed E-state index contributed by atoms with van der Waals surface area (Å²) in [4.78, 5) is 57.8. The van der Waals surface area contributed by atoms with Crippen LogP contribution >= 0.6 is 23.2 Å². The van der Waals surface area contributed by atoms with Gasteiger partial charge in [-0.15, -0.1) is 20.4 Å². The maximum absolute atomic E-state index is 11.8. The summed E-state index contributed by atoms with van der Waals surface area (Å²) >= 11 is 12.2. The molecule has 21 heteroatoms. The molecule has 0 aliphatic rings. The summed E-state index contributed by atoms with van der Waals surface area (Å²) in [6.07, 6.45) is 16.2. The van der Waals surface area contributed by atoms with Crippen molar-refractivity contribution >= 4 is 53.9 Å². The molecular formula is C94H111Cl2N13O6. The molecule has 12 rings (SSSR count). The Balaban J connectivity index is 0.000000197. The predicted octanol–water partition coefficient (Wildman–Crippen LogP) is 20.1. The van der Waals surface area contributed by atoms with Crippen molar-refractivity contribution in [3.8, 4) is 0 Å². The lowest BCUT2D eigenvalue weighted by atomic mass is 9.76. The monoisotopic (exact) mass is 1590 g/mol. The number of carbonyl (C=O) groups is 4. The van der Waals surface area contributed by atoms with Crippen LogP contribution in [0.5, 0.6) is 0 Å². The van der Waals surface area contributed by atoms with Gasteiger partial charge in [0.1, 0.15) is 30.5 Å². The molecule has 0 radical (unpaired) electrons. The van der Waals surface area contributed by atoms with Crippen LogP contribution in [0.15, 0.2) is 219 Å². The van der Waals surface area contributed by atoms with Crippen LogP contribution < -0.4 is 0 Å². The second-order valence-electron chi connectivity index (χ2n) is 30.0. The van der Waals surface area contributed by atoms with Crippen molar-refractivity contribution in [3.63, 3.8) is 0 Å². The van der Waals surface area contributed by atoms with Crippen LogP contribution in [0.4, 0.5) is 5.69 Å². The summed E-state index contributed by atoms with van der Waals surface area (Å²) in [7, 11) is 7.39. The Hall–Kier alpha value is -11.0. The average Bonchev–Trinajstić information content (AvgIpc) is 1.60. The van der Waals surface area contributed by atoms with Gasteiger partial charge in [0.15, 0.2) is 0 Å². The number of aromatic nitrogens is 12. The second kappa shape index (κ2) is 46.4. The van der Waals surface area contributed by atoms with E-state index >= 15 is 0 Å². The van der Waals surface area contributed by atoms with Gasteiger partial charge in [0.05, 0.1) is 27.7 Å². The third kappa shape index (κ3) is 28.2. The number of hydrogen-bond acceptors (Lipinski definition) is 14. The van der Waals surface area contributed by atoms with Crippen LogP contribution in [0.3, 0.4) is 0 Å². The molecule has 19 nitrogen and oxygen atoms in total. The first-order valence-corrected chi connectivity index (χ1v) is 39.8. The standard InChI is InChI=1S/C24H29N3O.2C23H26ClN3O.C23H26N4O3.CH4/c1-18-7-11-21(12-8-18)24(22-13-9-19(2)10-14-22)20(15-16-28)5-4-6-23-17-27(3)26-25-23;2*1-17-6-8-19(9-7-17)23(20-10-12-21(24)13-11-20)18(14-15-28)4-3-5-22-16-27(2)26-25-22;1-17-6-8-19(9-7-17)23(20-10-12-22(13-11-20)27(29)30)18(14-15-28)4-3-5-21-16-26(2)25-24-21;/h7-14,16-17,20,24H,4-6,15H2,1-3H3;2*6-13,15-16,18,23H,3-5,14H2,1-2H3;6-13,15-16,18,23H,3-5,14H2,1-2H3;1H4/i16D;3*15D;. The Morgan fingerprint density at radius 1 is 0.339 bits per heavy atom. The van der Waals surface area contributed by atoms with E-state index in [0.717, 1.165) is 139 Å². The van der Waals surface area contributed by atoms with Crippen molar-refractivity contribution in [2.75, 3.05) is 0 Å². The van der Waals surface area contributed by atoms with Gasteiger partial charge in [-0.05, 0) is 204 Å². The van der Waals surface area contributed by atoms with Gasteiger partial charge < -0.3 is 19.2 Å². The van der Waals surface area contributed by atoms with Crippen molar-refractivity contribution in [2.24, 2.45) is 51.9 Å². The molecule has 0 N–H and O–H groups in total. The number of carbonyl (C=O) groups excluding carboxylic acids is 4. The molecule has 0 fully saturated rings. The molecule has 12 aromatic rings. The number of non-ortho nitro benzene ring substituents is 1. The van der Waals surface area contributed by atoms with E-state index in [4.69, 9.17) is 28.7 Å². The second-order valence-corrected chi connectivity index (χ2v) is 30.8. The van der Waals surface area contributed by atoms with Gasteiger partial charge in [-0.3, -0.25) is 28.8 Å². The number of nitrogens with zero attached hydrogens (tertiary/aromatic N) is 13. The molecule has 115 heavy (non-hydrogen) atoms. The minimum absolute atomic E-state index is 0. The SMILES string of the molecule is C.[2H]C(=O)CC(CCCc1cn(C)nn1)C(c1ccc(C)cc1)c1ccc(C)cc1.[2H]C(=O)CC(CCCc1cn(C)nn1)C(c1ccc(C)cc1)c1ccc(Cl)cc1.[2H]C(=O)CC(CCCc1cn(C)nn1)C(c1ccc(C)cc1)c1ccc(Cl)cc1.[2H]C(=O)CC(CCCc1cn(C)nn1)C(c1ccc(C)cc1)c1ccc([N+](=O)[O-])cc1. The zero-order valence-corrected chi connectivity index (χ0v) is 68.2. The largest absolute Gasteiger partial charge is 0.303 e. The lowest BCUT2D eigenvalue weighted by Gasteiger charge is -2.27. The highest BCUT2D eigenvalue weighted by atomic mass is 35.5. The third-order valence-electron chi connectivity index (χ3n) is 21.0. The zero-order valence-electron chi connectivity index (χ0n) is 70.7. The summed E-state index contributed by atoms with van der Waals surface area (Å²) in [6.45, 7) is 10.3. The summed E-state index contributed by atoms with van der Waals surface area (Å²) in [6, 6.07) is 64.2. The summed E-state index contributed by atoms with van der Waals surface area (Å²) in [5.74, 6) is 0.0343. The molecule has 0 aliphatic carbocycles. The van der Waals surface area contributed by atoms with Gasteiger partial charge >= 0.3 is 0 Å². The van der Waals surface area contributed by atoms with Crippen molar-refractivity contribution in [2.45, 2.75) is 168 Å². The highest BCUT2D eigenvalue weighted by Crippen LogP contribution is 2.42. The van der Waals surface area contributed by atoms with Crippen LogP contribution in [-0.2, 0) is 73.1 Å². The minimum atomic E-state index is -0.608. The highest BCUT2D eigenvalue weighted by Gasteiger charge is 2.30. The summed E-state index contributed by atoms with van der Waals surface area (Å²) < 4.78 is 37.2. The van der Waals surface area contributed by atoms with E-state index in [1.54, 1.807) is 30.9 Å². The van der Waals surface area contributed by atoms with E-state index in [1.807, 2.05) is 133 Å². The van der Waals surface area contributed by atoms with E-state index in [9.17, 15) is 29.3 Å². The number of hydrogen-bond donors (Lipinski definition) is 0. The van der Waals surface area contributed by atoms with E-state index in [2.05, 4.69) is 166 Å². The number of nitro groups is 1. The van der Waals surface area contributed by atoms with Gasteiger partial charge in [-0.2, -0.15) is 0 Å². The molecule has 7 unspecified atom stereocenters. The maximum Gasteiger partial charge on any atom is 0.269 e. The first-order chi connectivity index (χ1) is 56.6. The molecule has 0 aliphatic heterocycles. The fourth-order valence-corrected chi connectivity index (χ4v) is 15.4. The van der Waals surface area contributed by atoms with E-state index in [-0.39, 0.29) is 86.1 Å². The maximum atomic E-state index is 11.8. The topological polar surface area (TPSA) is 234 Å². The quantitative estimate of drug-likeness (QED) is 0.0200. The Kier molecular flexibility index (Phi) is 33.6. The molecule has 8 aromatic carbocycles. The lowest BCUT2D eigenvalue weighted by Crippen LogP contribution is -2.16. The summed E-state index contributed by atoms with van der Waals surface area (Å²) in [5, 5.41) is 44.9. The molecular weight excluding hydrogens is 1480 g/mol. The van der Waals surface area contributed by atoms with Gasteiger partial charge in [-0.25, -0.2) is 0 Å². The molecule has 0 saturated heterocycles. The van der Waals surface area contributed by atoms with E-state index in [1.165, 1.54) is 45.5 Å². The van der Waals surface area contributed by atoms with Crippen molar-refractivity contribution < 1.29 is 29.6 Å². The normalized spacial score (nSPS) is 13.3. The number of aldehydes is 4. The van der Waals surface area contributed by atoms with Crippen molar-refractivity contribution in [3.05, 3.63) is 334 Å². The highest BCUT2D eigenvalue weighted by molar-refractivity contribution is 6.30. The average molecular weight is 1590 g/mol. The van der Waals surface area contributed by atoms with Crippen LogP contribution in [0, 0.1) is 68.4 Å². The molecule has 0 bridgehead atoms. The molecule has 4 heterocycles. The summed E-state index contributed by atoms with van der Waals surface area (Å²) in [5.41, 5.74) is 18.6. The third-order valence-corrected chi connectivity index (χ3v) is 21.5. The Morgan fingerprint density at radius 3 is 0.687 bits per heavy atom. The smallest absolute Gasteiger partial charge is 0.269 e. The van der Waals surface area contributed by atoms with Crippen LogP contribution in [-0.4, -0.2) is 89.9 Å². The first kappa shape index (κ1) is 83.4. The molecule has 4 aromatic heterocycles. The fraction of sp³-hybridized carbons (Fsp3) is 0.362. The van der Waals surface area contributed by atoms with E-state index in [0.29, 0.717) is 10.0 Å². The number of benzene rings is 8. The van der Waals surface area contributed by atoms with Crippen LogP contribution in [0.1, 0.15) is 209 Å². The fourth-order valence-electron chi connectivity index (χ4n) is 15.2. The van der Waals surface area contributed by atoms with E-state index < -0.39 is 30.0 Å². The zero-order chi connectivity index (χ0) is 84.8. The molecule has 602 valence electrons. The van der Waals surface area contributed by atoms with Crippen molar-refractivity contribution in [1.29, 1.82) is 0 Å². The minimum Gasteiger partial charge on any atom is -0.303 e. The van der Waals surface area contributed by atoms with Gasteiger partial charge in [0.25, 0.3) is 5.69 Å². The molecule has 0 saturated carbocycles. The number of halogens is 2. The van der Waals surface area contributed by atoms with Gasteiger partial charge in [0, 0.05) is 125 Å². The number of nitro benzene ring substituents is 1. The number of rotatable bonds is 37. The molecule has 0 spiro atoms. The molecule has 7 atom stereocenters. The Morgan fingerprint density at radius 2 is 0.522 bits per heavy atom. The van der Waals surface area contributed by atoms with Gasteiger partial charge in [0.2, 0.25) is 0 Å². The lowest BCUT2D eigenvalue weighted by molar-refractivity contribution is -0.384. The number of aryl methyl sites for hydroxylation is 13. The molecule has 0 amide bonds.